The van der Waals surface area contributed by atoms with Gasteiger partial charge in [0, 0.05) is 18.0 Å². The largest absolute Gasteiger partial charge is 0.456 e. The highest BCUT2D eigenvalue weighted by molar-refractivity contribution is 6.32. The summed E-state index contributed by atoms with van der Waals surface area (Å²) in [5.41, 5.74) is -1.48. The van der Waals surface area contributed by atoms with Crippen molar-refractivity contribution in [2.75, 3.05) is 5.32 Å². The Morgan fingerprint density at radius 2 is 1.87 bits per heavy atom. The molecule has 0 aliphatic carbocycles. The molecule has 2 aromatic carbocycles. The van der Waals surface area contributed by atoms with Gasteiger partial charge < -0.3 is 15.0 Å². The number of anilines is 1. The number of hydrogen-bond donors (Lipinski definition) is 2. The molecule has 0 bridgehead atoms. The van der Waals surface area contributed by atoms with E-state index in [2.05, 4.69) is 10.3 Å². The minimum Gasteiger partial charge on any atom is -0.456 e. The minimum absolute atomic E-state index is 0.0875. The molecule has 5 nitrogen and oxygen atoms in total. The predicted molar refractivity (Wildman–Crippen MR) is 107 cm³/mol. The lowest BCUT2D eigenvalue weighted by Crippen LogP contribution is -2.16. The molecule has 0 unspecified atom stereocenters. The van der Waals surface area contributed by atoms with E-state index in [0.29, 0.717) is 18.1 Å². The van der Waals surface area contributed by atoms with Crippen molar-refractivity contribution in [3.8, 4) is 11.5 Å². The first-order chi connectivity index (χ1) is 14.6. The monoisotopic (exact) mass is 454 g/mol. The average molecular weight is 455 g/mol. The lowest BCUT2D eigenvalue weighted by molar-refractivity contribution is -0.137. The number of hydrogen-bond acceptors (Lipinski definition) is 3. The van der Waals surface area contributed by atoms with Crippen molar-refractivity contribution in [3.63, 3.8) is 0 Å². The fraction of sp³-hybridized carbons (Fsp3) is 0.143. The molecule has 0 saturated carbocycles. The zero-order valence-corrected chi connectivity index (χ0v) is 16.7. The summed E-state index contributed by atoms with van der Waals surface area (Å²) >= 11 is 5.78. The molecule has 162 valence electrons. The van der Waals surface area contributed by atoms with Gasteiger partial charge in [-0.15, -0.1) is 0 Å². The molecule has 0 spiro atoms. The number of amides is 1. The summed E-state index contributed by atoms with van der Waals surface area (Å²) in [6, 6.07) is 7.46. The number of carbonyl (C=O) groups is 1. The van der Waals surface area contributed by atoms with Gasteiger partial charge in [-0.2, -0.15) is 13.2 Å². The summed E-state index contributed by atoms with van der Waals surface area (Å²) in [6.07, 6.45) is -3.17. The second kappa shape index (κ2) is 8.81. The van der Waals surface area contributed by atoms with Crippen LogP contribution >= 0.6 is 11.6 Å². The summed E-state index contributed by atoms with van der Waals surface area (Å²) in [6.45, 7) is 1.71. The van der Waals surface area contributed by atoms with Crippen LogP contribution in [0.15, 0.2) is 53.5 Å². The molecule has 1 heterocycles. The van der Waals surface area contributed by atoms with Crippen molar-refractivity contribution in [3.05, 3.63) is 86.5 Å². The van der Waals surface area contributed by atoms with Crippen LogP contribution in [0.5, 0.6) is 11.5 Å². The van der Waals surface area contributed by atoms with Gasteiger partial charge in [0.05, 0.1) is 16.1 Å². The summed E-state index contributed by atoms with van der Waals surface area (Å²) in [4.78, 5) is 26.5. The van der Waals surface area contributed by atoms with Gasteiger partial charge in [0.2, 0.25) is 5.56 Å². The maximum absolute atomic E-state index is 13.5. The molecule has 0 saturated heterocycles. The molecule has 0 atom stereocenters. The average Bonchev–Trinajstić information content (AvgIpc) is 2.69. The van der Waals surface area contributed by atoms with E-state index in [-0.39, 0.29) is 17.0 Å². The van der Waals surface area contributed by atoms with Crippen LogP contribution < -0.4 is 15.6 Å². The standard InChI is InChI=1S/C21H15ClF4N2O3/c1-2-11-7-12(23)3-4-17(11)31-18-10-15(21(24,25)26)16(22)9-14(18)20(30)28-13-5-6-27-19(29)8-13/h3-10H,2H2,1H3,(H2,27,28,29,30). The number of pyridine rings is 1. The van der Waals surface area contributed by atoms with Crippen LogP contribution in [0.3, 0.4) is 0 Å². The van der Waals surface area contributed by atoms with Crippen LogP contribution in [0.1, 0.15) is 28.4 Å². The van der Waals surface area contributed by atoms with E-state index in [1.165, 1.54) is 24.4 Å². The molecule has 2 N–H and O–H groups in total. The fourth-order valence-corrected chi connectivity index (χ4v) is 3.07. The number of alkyl halides is 3. The van der Waals surface area contributed by atoms with Crippen molar-refractivity contribution in [1.29, 1.82) is 0 Å². The maximum atomic E-state index is 13.5. The van der Waals surface area contributed by atoms with Gasteiger partial charge in [-0.05, 0) is 48.4 Å². The van der Waals surface area contributed by atoms with Gasteiger partial charge in [-0.25, -0.2) is 4.39 Å². The number of benzene rings is 2. The predicted octanol–water partition coefficient (Wildman–Crippen LogP) is 5.79. The first kappa shape index (κ1) is 22.4. The molecule has 0 aliphatic rings. The number of carbonyl (C=O) groups excluding carboxylic acids is 1. The van der Waals surface area contributed by atoms with E-state index in [4.69, 9.17) is 16.3 Å². The third-order valence-corrected chi connectivity index (χ3v) is 4.59. The molecule has 3 aromatic rings. The summed E-state index contributed by atoms with van der Waals surface area (Å²) in [7, 11) is 0. The van der Waals surface area contributed by atoms with Crippen LogP contribution in [0.2, 0.25) is 5.02 Å². The number of aromatic amines is 1. The molecular weight excluding hydrogens is 440 g/mol. The Hall–Kier alpha value is -3.33. The molecule has 0 aliphatic heterocycles. The van der Waals surface area contributed by atoms with E-state index in [1.54, 1.807) is 6.92 Å². The first-order valence-electron chi connectivity index (χ1n) is 8.95. The Morgan fingerprint density at radius 3 is 2.52 bits per heavy atom. The number of ether oxygens (including phenoxy) is 1. The molecule has 31 heavy (non-hydrogen) atoms. The van der Waals surface area contributed by atoms with Crippen LogP contribution in [0.25, 0.3) is 0 Å². The number of aromatic nitrogens is 1. The third-order valence-electron chi connectivity index (χ3n) is 4.28. The minimum atomic E-state index is -4.80. The van der Waals surface area contributed by atoms with Crippen molar-refractivity contribution in [1.82, 2.24) is 4.98 Å². The van der Waals surface area contributed by atoms with Crippen LogP contribution in [-0.2, 0) is 12.6 Å². The molecular formula is C21H15ClF4N2O3. The SMILES string of the molecule is CCc1cc(F)ccc1Oc1cc(C(F)(F)F)c(Cl)cc1C(=O)Nc1cc[nH]c(=O)c1. The van der Waals surface area contributed by atoms with Crippen molar-refractivity contribution in [2.24, 2.45) is 0 Å². The second-order valence-corrected chi connectivity index (χ2v) is 6.84. The lowest BCUT2D eigenvalue weighted by Gasteiger charge is -2.17. The summed E-state index contributed by atoms with van der Waals surface area (Å²) < 4.78 is 59.2. The Kier molecular flexibility index (Phi) is 6.35. The maximum Gasteiger partial charge on any atom is 0.417 e. The van der Waals surface area contributed by atoms with Crippen molar-refractivity contribution < 1.29 is 27.1 Å². The molecule has 1 amide bonds. The lowest BCUT2D eigenvalue weighted by atomic mass is 10.1. The number of nitrogens with one attached hydrogen (secondary N) is 2. The van der Waals surface area contributed by atoms with Crippen LogP contribution in [-0.4, -0.2) is 10.9 Å². The van der Waals surface area contributed by atoms with Crippen molar-refractivity contribution >= 4 is 23.2 Å². The Bertz CT molecular complexity index is 1190. The van der Waals surface area contributed by atoms with E-state index >= 15 is 0 Å². The highest BCUT2D eigenvalue weighted by Gasteiger charge is 2.35. The van der Waals surface area contributed by atoms with Crippen molar-refractivity contribution in [2.45, 2.75) is 19.5 Å². The smallest absolute Gasteiger partial charge is 0.417 e. The van der Waals surface area contributed by atoms with Gasteiger partial charge in [0.15, 0.2) is 0 Å². The molecule has 0 radical (unpaired) electrons. The van der Waals surface area contributed by atoms with E-state index < -0.39 is 39.8 Å². The first-order valence-corrected chi connectivity index (χ1v) is 9.33. The van der Waals surface area contributed by atoms with Crippen LogP contribution in [0, 0.1) is 5.82 Å². The number of H-pyrrole nitrogens is 1. The highest BCUT2D eigenvalue weighted by atomic mass is 35.5. The molecule has 3 rings (SSSR count). The van der Waals surface area contributed by atoms with E-state index in [0.717, 1.165) is 18.2 Å². The summed E-state index contributed by atoms with van der Waals surface area (Å²) in [5.74, 6) is -1.73. The fourth-order valence-electron chi connectivity index (χ4n) is 2.80. The topological polar surface area (TPSA) is 71.2 Å². The zero-order chi connectivity index (χ0) is 22.8. The van der Waals surface area contributed by atoms with Crippen LogP contribution in [0.4, 0.5) is 23.2 Å². The van der Waals surface area contributed by atoms with Gasteiger partial charge >= 0.3 is 6.18 Å². The highest BCUT2D eigenvalue weighted by Crippen LogP contribution is 2.40. The summed E-state index contributed by atoms with van der Waals surface area (Å²) in [5, 5.41) is 1.71. The number of rotatable bonds is 5. The quantitative estimate of drug-likeness (QED) is 0.479. The Labute approximate surface area is 178 Å². The molecule has 1 aromatic heterocycles. The normalized spacial score (nSPS) is 11.3. The van der Waals surface area contributed by atoms with Gasteiger partial charge in [-0.3, -0.25) is 9.59 Å². The molecule has 10 heteroatoms. The second-order valence-electron chi connectivity index (χ2n) is 6.43. The Balaban J connectivity index is 2.08. The van der Waals surface area contributed by atoms with Gasteiger partial charge in [0.25, 0.3) is 5.91 Å². The van der Waals surface area contributed by atoms with E-state index in [9.17, 15) is 27.2 Å². The zero-order valence-electron chi connectivity index (χ0n) is 15.9. The third kappa shape index (κ3) is 5.24. The van der Waals surface area contributed by atoms with E-state index in [1.807, 2.05) is 0 Å². The van der Waals surface area contributed by atoms with Gasteiger partial charge in [-0.1, -0.05) is 18.5 Å². The molecule has 0 fully saturated rings. The number of aryl methyl sites for hydroxylation is 1. The van der Waals surface area contributed by atoms with Gasteiger partial charge in [0.1, 0.15) is 17.3 Å². The number of halogens is 5. The Morgan fingerprint density at radius 1 is 1.13 bits per heavy atom.